The minimum absolute atomic E-state index is 0. The fourth-order valence-corrected chi connectivity index (χ4v) is 3.68. The van der Waals surface area contributed by atoms with Gasteiger partial charge in [0.1, 0.15) is 5.82 Å². The number of benzene rings is 1. The van der Waals surface area contributed by atoms with E-state index in [4.69, 9.17) is 17.3 Å². The van der Waals surface area contributed by atoms with Gasteiger partial charge in [-0.3, -0.25) is 0 Å². The maximum atomic E-state index is 5.91. The molecule has 0 unspecified atom stereocenters. The van der Waals surface area contributed by atoms with Gasteiger partial charge in [-0.05, 0) is 61.2 Å². The third kappa shape index (κ3) is 6.94. The summed E-state index contributed by atoms with van der Waals surface area (Å²) in [6.45, 7) is 6.80. The Kier molecular flexibility index (Phi) is 8.80. The molecule has 2 heterocycles. The molecule has 2 aromatic rings. The highest BCUT2D eigenvalue weighted by Crippen LogP contribution is 2.18. The Morgan fingerprint density at radius 3 is 2.67 bits per heavy atom. The van der Waals surface area contributed by atoms with Crippen LogP contribution in [0.1, 0.15) is 16.8 Å². The van der Waals surface area contributed by atoms with Crippen molar-refractivity contribution in [3.63, 3.8) is 0 Å². The molecule has 1 saturated heterocycles. The second-order valence-corrected chi connectivity index (χ2v) is 7.46. The molecule has 0 spiro atoms. The third-order valence-electron chi connectivity index (χ3n) is 4.82. The van der Waals surface area contributed by atoms with Crippen molar-refractivity contribution in [1.29, 1.82) is 0 Å². The van der Waals surface area contributed by atoms with Crippen LogP contribution in [0.15, 0.2) is 36.4 Å². The Hall–Kier alpha value is -1.37. The number of aromatic nitrogens is 1. The number of hydrogen-bond donors (Lipinski definition) is 4. The molecule has 0 aliphatic carbocycles. The van der Waals surface area contributed by atoms with E-state index in [1.54, 1.807) is 0 Å². The van der Waals surface area contributed by atoms with Crippen molar-refractivity contribution in [2.24, 2.45) is 5.92 Å². The lowest BCUT2D eigenvalue weighted by Gasteiger charge is -2.20. The summed E-state index contributed by atoms with van der Waals surface area (Å²) in [5.41, 5.74) is 9.39. The number of halogens is 2. The second kappa shape index (κ2) is 10.8. The first kappa shape index (κ1) is 21.9. The van der Waals surface area contributed by atoms with Crippen LogP contribution in [0.4, 0.5) is 5.82 Å². The molecule has 7 heteroatoms. The lowest BCUT2D eigenvalue weighted by atomic mass is 9.95. The summed E-state index contributed by atoms with van der Waals surface area (Å²) in [4.78, 5) is 4.26. The van der Waals surface area contributed by atoms with E-state index >= 15 is 0 Å². The topological polar surface area (TPSA) is 75.0 Å². The van der Waals surface area contributed by atoms with E-state index in [0.717, 1.165) is 49.9 Å². The van der Waals surface area contributed by atoms with Gasteiger partial charge in [0, 0.05) is 42.9 Å². The van der Waals surface area contributed by atoms with Gasteiger partial charge < -0.3 is 21.7 Å². The molecule has 1 aliphatic heterocycles. The standard InChI is InChI=1S/C20H28ClN5.ClH/c1-14-8-16(10-20(22)26-14)9-17-12-24-13-19(17)25-7-6-23-11-15-2-4-18(21)5-3-15;/h2-5,8,10,17,19,23-25H,6-7,9,11-13H2,1H3,(H2,22,26);1H/t17-,19+;/m0./s1. The molecule has 1 aromatic heterocycles. The number of aryl methyl sites for hydroxylation is 1. The number of nitrogens with one attached hydrogen (secondary N) is 3. The summed E-state index contributed by atoms with van der Waals surface area (Å²) in [7, 11) is 0. The van der Waals surface area contributed by atoms with Crippen LogP contribution in [0.3, 0.4) is 0 Å². The highest BCUT2D eigenvalue weighted by atomic mass is 35.5. The number of hydrogen-bond acceptors (Lipinski definition) is 5. The molecule has 1 fully saturated rings. The number of nitrogens with two attached hydrogens (primary N) is 1. The highest BCUT2D eigenvalue weighted by molar-refractivity contribution is 6.30. The molecule has 5 N–H and O–H groups in total. The predicted octanol–water partition coefficient (Wildman–Crippen LogP) is 2.56. The molecule has 1 aliphatic rings. The van der Waals surface area contributed by atoms with Gasteiger partial charge in [0.05, 0.1) is 0 Å². The van der Waals surface area contributed by atoms with Crippen molar-refractivity contribution in [1.82, 2.24) is 20.9 Å². The van der Waals surface area contributed by atoms with Gasteiger partial charge in [0.2, 0.25) is 0 Å². The first-order valence-corrected chi connectivity index (χ1v) is 9.60. The van der Waals surface area contributed by atoms with Gasteiger partial charge >= 0.3 is 0 Å². The van der Waals surface area contributed by atoms with E-state index in [-0.39, 0.29) is 12.4 Å². The lowest BCUT2D eigenvalue weighted by molar-refractivity contribution is 0.421. The molecule has 0 amide bonds. The first-order chi connectivity index (χ1) is 12.6. The predicted molar refractivity (Wildman–Crippen MR) is 116 cm³/mol. The van der Waals surface area contributed by atoms with E-state index in [2.05, 4.69) is 39.1 Å². The van der Waals surface area contributed by atoms with Crippen molar-refractivity contribution < 1.29 is 0 Å². The zero-order valence-corrected chi connectivity index (χ0v) is 17.2. The number of pyridine rings is 1. The van der Waals surface area contributed by atoms with Crippen LogP contribution in [-0.2, 0) is 13.0 Å². The van der Waals surface area contributed by atoms with Crippen LogP contribution in [-0.4, -0.2) is 37.2 Å². The highest BCUT2D eigenvalue weighted by Gasteiger charge is 2.26. The van der Waals surface area contributed by atoms with Crippen molar-refractivity contribution in [3.05, 3.63) is 58.2 Å². The van der Waals surface area contributed by atoms with E-state index in [1.807, 2.05) is 25.1 Å². The molecule has 27 heavy (non-hydrogen) atoms. The quantitative estimate of drug-likeness (QED) is 0.504. The van der Waals surface area contributed by atoms with E-state index < -0.39 is 0 Å². The fourth-order valence-electron chi connectivity index (χ4n) is 3.56. The average Bonchev–Trinajstić information content (AvgIpc) is 3.02. The van der Waals surface area contributed by atoms with Crippen LogP contribution < -0.4 is 21.7 Å². The summed E-state index contributed by atoms with van der Waals surface area (Å²) >= 11 is 5.91. The summed E-state index contributed by atoms with van der Waals surface area (Å²) in [5, 5.41) is 11.4. The van der Waals surface area contributed by atoms with Gasteiger partial charge in [-0.15, -0.1) is 12.4 Å². The number of rotatable bonds is 8. The van der Waals surface area contributed by atoms with E-state index in [1.165, 1.54) is 11.1 Å². The minimum atomic E-state index is 0. The molecule has 2 atom stereocenters. The second-order valence-electron chi connectivity index (χ2n) is 7.03. The molecule has 0 bridgehead atoms. The Bertz CT molecular complexity index is 688. The Balaban J connectivity index is 0.00000261. The molecule has 5 nitrogen and oxygen atoms in total. The molecule has 1 aromatic carbocycles. The monoisotopic (exact) mass is 409 g/mol. The first-order valence-electron chi connectivity index (χ1n) is 9.22. The number of anilines is 1. The zero-order valence-electron chi connectivity index (χ0n) is 15.7. The van der Waals surface area contributed by atoms with Gasteiger partial charge in [-0.2, -0.15) is 0 Å². The molecular formula is C20H29Cl2N5. The lowest BCUT2D eigenvalue weighted by Crippen LogP contribution is -2.40. The largest absolute Gasteiger partial charge is 0.384 e. The zero-order chi connectivity index (χ0) is 18.4. The molecular weight excluding hydrogens is 381 g/mol. The van der Waals surface area contributed by atoms with E-state index in [9.17, 15) is 0 Å². The van der Waals surface area contributed by atoms with Gasteiger partial charge in [-0.25, -0.2) is 4.98 Å². The Morgan fingerprint density at radius 1 is 1.15 bits per heavy atom. The van der Waals surface area contributed by atoms with E-state index in [0.29, 0.717) is 17.8 Å². The van der Waals surface area contributed by atoms with Gasteiger partial charge in [0.25, 0.3) is 0 Å². The van der Waals surface area contributed by atoms with Crippen LogP contribution in [0, 0.1) is 12.8 Å². The van der Waals surface area contributed by atoms with Crippen LogP contribution in [0.5, 0.6) is 0 Å². The number of nitrogen functional groups attached to an aromatic ring is 1. The normalized spacial score (nSPS) is 19.0. The summed E-state index contributed by atoms with van der Waals surface area (Å²) in [5.74, 6) is 1.19. The smallest absolute Gasteiger partial charge is 0.123 e. The van der Waals surface area contributed by atoms with Crippen LogP contribution in [0.2, 0.25) is 5.02 Å². The van der Waals surface area contributed by atoms with Crippen molar-refractivity contribution >= 4 is 29.8 Å². The van der Waals surface area contributed by atoms with Gasteiger partial charge in [-0.1, -0.05) is 23.7 Å². The average molecular weight is 410 g/mol. The Morgan fingerprint density at radius 2 is 1.93 bits per heavy atom. The summed E-state index contributed by atoms with van der Waals surface area (Å²) in [6, 6.07) is 12.6. The van der Waals surface area contributed by atoms with Gasteiger partial charge in [0.15, 0.2) is 0 Å². The number of nitrogens with zero attached hydrogens (tertiary/aromatic N) is 1. The molecule has 0 radical (unpaired) electrons. The van der Waals surface area contributed by atoms with Crippen LogP contribution in [0.25, 0.3) is 0 Å². The maximum Gasteiger partial charge on any atom is 0.123 e. The Labute approximate surface area is 172 Å². The summed E-state index contributed by atoms with van der Waals surface area (Å²) in [6.07, 6.45) is 1.02. The summed E-state index contributed by atoms with van der Waals surface area (Å²) < 4.78 is 0. The van der Waals surface area contributed by atoms with Crippen molar-refractivity contribution in [2.45, 2.75) is 25.9 Å². The fraction of sp³-hybridized carbons (Fsp3) is 0.450. The van der Waals surface area contributed by atoms with Crippen molar-refractivity contribution in [2.75, 3.05) is 31.9 Å². The molecule has 3 rings (SSSR count). The minimum Gasteiger partial charge on any atom is -0.384 e. The molecule has 0 saturated carbocycles. The van der Waals surface area contributed by atoms with Crippen molar-refractivity contribution in [3.8, 4) is 0 Å². The van der Waals surface area contributed by atoms with Crippen LogP contribution >= 0.6 is 24.0 Å². The molecule has 148 valence electrons. The SMILES string of the molecule is Cc1cc(C[C@H]2CNC[C@H]2NCCNCc2ccc(Cl)cc2)cc(N)n1.Cl. The third-order valence-corrected chi connectivity index (χ3v) is 5.07. The maximum absolute atomic E-state index is 5.91.